The highest BCUT2D eigenvalue weighted by molar-refractivity contribution is 6.27. The summed E-state index contributed by atoms with van der Waals surface area (Å²) in [6.45, 7) is 0. The molecule has 4 heterocycles. The second-order valence-electron chi connectivity index (χ2n) is 6.91. The Kier molecular flexibility index (Phi) is 3.88. The molecule has 3 aromatic rings. The van der Waals surface area contributed by atoms with Gasteiger partial charge in [0.25, 0.3) is 5.91 Å². The van der Waals surface area contributed by atoms with Gasteiger partial charge < -0.3 is 4.74 Å². The van der Waals surface area contributed by atoms with Gasteiger partial charge in [0.15, 0.2) is 0 Å². The van der Waals surface area contributed by atoms with Crippen molar-refractivity contribution >= 4 is 34.2 Å². The third kappa shape index (κ3) is 2.53. The molecule has 5 rings (SSSR count). The number of aromatic amines is 1. The van der Waals surface area contributed by atoms with Gasteiger partial charge in [0, 0.05) is 29.9 Å². The molecule has 1 fully saturated rings. The van der Waals surface area contributed by atoms with Crippen LogP contribution in [0.3, 0.4) is 0 Å². The number of methoxy groups -OCH3 is 1. The molecule has 2 unspecified atom stereocenters. The topological polar surface area (TPSA) is 130 Å². The summed E-state index contributed by atoms with van der Waals surface area (Å²) in [5.41, 5.74) is 2.20. The highest BCUT2D eigenvalue weighted by Gasteiger charge is 2.41. The Morgan fingerprint density at radius 2 is 2.10 bits per heavy atom. The average molecular weight is 392 g/mol. The highest BCUT2D eigenvalue weighted by atomic mass is 16.5. The van der Waals surface area contributed by atoms with Crippen molar-refractivity contribution in [3.63, 3.8) is 0 Å². The van der Waals surface area contributed by atoms with Crippen molar-refractivity contribution < 1.29 is 19.1 Å². The average Bonchev–Trinajstić information content (AvgIpc) is 3.33. The molecule has 0 spiro atoms. The third-order valence-electron chi connectivity index (χ3n) is 5.34. The van der Waals surface area contributed by atoms with Crippen molar-refractivity contribution in [3.8, 4) is 0 Å². The van der Waals surface area contributed by atoms with Crippen molar-refractivity contribution in [1.29, 1.82) is 0 Å². The molecule has 1 aromatic carbocycles. The lowest BCUT2D eigenvalue weighted by Crippen LogP contribution is -2.53. The first-order valence-corrected chi connectivity index (χ1v) is 9.07. The molecule has 29 heavy (non-hydrogen) atoms. The largest absolute Gasteiger partial charge is 0.369 e. The predicted octanol–water partition coefficient (Wildman–Crippen LogP) is 0.854. The predicted molar refractivity (Wildman–Crippen MR) is 100.0 cm³/mol. The van der Waals surface area contributed by atoms with Crippen LogP contribution in [0.2, 0.25) is 0 Å². The number of hydrogen-bond acceptors (Lipinski definition) is 7. The Labute approximate surface area is 164 Å². The lowest BCUT2D eigenvalue weighted by atomic mass is 10.0. The van der Waals surface area contributed by atoms with Gasteiger partial charge in [-0.05, 0) is 12.5 Å². The van der Waals surface area contributed by atoms with E-state index >= 15 is 0 Å². The number of anilines is 1. The Bertz CT molecular complexity index is 1160. The number of nitrogens with zero attached hydrogens (tertiary/aromatic N) is 4. The maximum Gasteiger partial charge on any atom is 0.259 e. The minimum atomic E-state index is -0.753. The number of carbonyl (C=O) groups is 3. The zero-order valence-corrected chi connectivity index (χ0v) is 15.4. The summed E-state index contributed by atoms with van der Waals surface area (Å²) in [4.78, 5) is 43.1. The molecule has 1 saturated heterocycles. The minimum Gasteiger partial charge on any atom is -0.369 e. The fraction of sp³-hybridized carbons (Fsp3) is 0.263. The minimum absolute atomic E-state index is 0.184. The Morgan fingerprint density at radius 1 is 1.24 bits per heavy atom. The summed E-state index contributed by atoms with van der Waals surface area (Å²) in [5, 5.41) is 14.2. The Balaban J connectivity index is 1.66. The van der Waals surface area contributed by atoms with Crippen LogP contribution in [0, 0.1) is 0 Å². The maximum absolute atomic E-state index is 13.2. The standard InChI is InChI=1S/C19H16N6O4/c1-29-17(11-7-21-24-23-11)16-9-3-2-4-10-15(9)13(8-20-16)25(19(10)28)12-5-6-14(26)22-18(12)27/h2-4,7-8,12,17H,5-6H2,1H3,(H,21,23,24)(H,22,26,27). The Hall–Kier alpha value is -3.66. The van der Waals surface area contributed by atoms with Crippen LogP contribution < -0.4 is 10.2 Å². The lowest BCUT2D eigenvalue weighted by Gasteiger charge is -2.30. The van der Waals surface area contributed by atoms with Crippen LogP contribution in [-0.2, 0) is 14.3 Å². The summed E-state index contributed by atoms with van der Waals surface area (Å²) in [6.07, 6.45) is 3.01. The van der Waals surface area contributed by atoms with E-state index in [0.717, 1.165) is 5.39 Å². The van der Waals surface area contributed by atoms with Gasteiger partial charge in [-0.1, -0.05) is 12.1 Å². The first kappa shape index (κ1) is 17.4. The molecule has 2 aromatic heterocycles. The summed E-state index contributed by atoms with van der Waals surface area (Å²) in [5.74, 6) is -1.09. The van der Waals surface area contributed by atoms with Crippen LogP contribution in [0.15, 0.2) is 30.6 Å². The van der Waals surface area contributed by atoms with Crippen LogP contribution >= 0.6 is 0 Å². The van der Waals surface area contributed by atoms with Gasteiger partial charge in [-0.3, -0.25) is 29.6 Å². The van der Waals surface area contributed by atoms with Gasteiger partial charge in [0.05, 0.1) is 23.8 Å². The van der Waals surface area contributed by atoms with E-state index < -0.39 is 18.1 Å². The highest BCUT2D eigenvalue weighted by Crippen LogP contribution is 2.42. The molecular weight excluding hydrogens is 376 g/mol. The Morgan fingerprint density at radius 3 is 2.83 bits per heavy atom. The molecule has 0 aliphatic carbocycles. The quantitative estimate of drug-likeness (QED) is 0.630. The van der Waals surface area contributed by atoms with E-state index in [2.05, 4.69) is 25.7 Å². The number of rotatable bonds is 4. The molecule has 2 aliphatic rings. The molecular formula is C19H16N6O4. The monoisotopic (exact) mass is 392 g/mol. The van der Waals surface area contributed by atoms with Crippen LogP contribution in [0.25, 0.3) is 10.8 Å². The van der Waals surface area contributed by atoms with Gasteiger partial charge in [-0.15, -0.1) is 0 Å². The lowest BCUT2D eigenvalue weighted by molar-refractivity contribution is -0.134. The summed E-state index contributed by atoms with van der Waals surface area (Å²) in [7, 11) is 1.55. The van der Waals surface area contributed by atoms with Crippen molar-refractivity contribution in [2.75, 3.05) is 12.0 Å². The summed E-state index contributed by atoms with van der Waals surface area (Å²) < 4.78 is 5.60. The van der Waals surface area contributed by atoms with Crippen LogP contribution in [-0.4, -0.2) is 51.3 Å². The van der Waals surface area contributed by atoms with E-state index in [4.69, 9.17) is 4.74 Å². The van der Waals surface area contributed by atoms with E-state index in [1.165, 1.54) is 4.90 Å². The van der Waals surface area contributed by atoms with Crippen molar-refractivity contribution in [1.82, 2.24) is 25.7 Å². The van der Waals surface area contributed by atoms with Gasteiger partial charge in [-0.25, -0.2) is 0 Å². The SMILES string of the molecule is COC(c1cn[nH]n1)c1ncc2c3c(cccc13)C(=O)N2C1CCC(=O)NC1=O. The zero-order chi connectivity index (χ0) is 20.1. The fourth-order valence-corrected chi connectivity index (χ4v) is 4.06. The summed E-state index contributed by atoms with van der Waals surface area (Å²) >= 11 is 0. The summed E-state index contributed by atoms with van der Waals surface area (Å²) in [6, 6.07) is 4.60. The number of nitrogens with one attached hydrogen (secondary N) is 2. The number of ether oxygens (including phenoxy) is 1. The normalized spacial score (nSPS) is 19.7. The molecule has 3 amide bonds. The molecule has 146 valence electrons. The molecule has 0 radical (unpaired) electrons. The molecule has 2 aliphatic heterocycles. The zero-order valence-electron chi connectivity index (χ0n) is 15.4. The first-order chi connectivity index (χ1) is 14.1. The van der Waals surface area contributed by atoms with Crippen molar-refractivity contribution in [2.45, 2.75) is 25.0 Å². The van der Waals surface area contributed by atoms with E-state index in [0.29, 0.717) is 28.0 Å². The first-order valence-electron chi connectivity index (χ1n) is 9.07. The number of carbonyl (C=O) groups excluding carboxylic acids is 3. The number of imide groups is 1. The van der Waals surface area contributed by atoms with E-state index in [1.54, 1.807) is 31.6 Å². The second-order valence-corrected chi connectivity index (χ2v) is 6.91. The van der Waals surface area contributed by atoms with Crippen molar-refractivity contribution in [2.24, 2.45) is 0 Å². The molecule has 0 saturated carbocycles. The number of H-pyrrole nitrogens is 1. The third-order valence-corrected chi connectivity index (χ3v) is 5.34. The van der Waals surface area contributed by atoms with Crippen LogP contribution in [0.4, 0.5) is 5.69 Å². The molecule has 2 N–H and O–H groups in total. The molecule has 0 bridgehead atoms. The number of aromatic nitrogens is 4. The number of benzene rings is 1. The van der Waals surface area contributed by atoms with E-state index in [9.17, 15) is 14.4 Å². The molecule has 10 heteroatoms. The number of amides is 3. The molecule has 10 nitrogen and oxygen atoms in total. The van der Waals surface area contributed by atoms with Crippen LogP contribution in [0.5, 0.6) is 0 Å². The molecule has 2 atom stereocenters. The fourth-order valence-electron chi connectivity index (χ4n) is 4.06. The second kappa shape index (κ2) is 6.45. The van der Waals surface area contributed by atoms with E-state index in [1.807, 2.05) is 6.07 Å². The van der Waals surface area contributed by atoms with E-state index in [-0.39, 0.29) is 24.7 Å². The van der Waals surface area contributed by atoms with Gasteiger partial charge >= 0.3 is 0 Å². The van der Waals surface area contributed by atoms with Gasteiger partial charge in [0.2, 0.25) is 11.8 Å². The van der Waals surface area contributed by atoms with Crippen molar-refractivity contribution in [3.05, 3.63) is 47.5 Å². The van der Waals surface area contributed by atoms with Crippen LogP contribution in [0.1, 0.15) is 40.7 Å². The maximum atomic E-state index is 13.2. The number of piperidine rings is 1. The van der Waals surface area contributed by atoms with Gasteiger partial charge in [-0.2, -0.15) is 15.4 Å². The van der Waals surface area contributed by atoms with Gasteiger partial charge in [0.1, 0.15) is 17.8 Å². The number of pyridine rings is 1. The number of hydrogen-bond donors (Lipinski definition) is 2. The smallest absolute Gasteiger partial charge is 0.259 e.